The molecule has 0 N–H and O–H groups in total. The van der Waals surface area contributed by atoms with Gasteiger partial charge in [-0.15, -0.1) is 0 Å². The molecular weight excluding hydrogens is 354 g/mol. The molecular formula is C22H25N3O3. The van der Waals surface area contributed by atoms with Gasteiger partial charge >= 0.3 is 5.97 Å². The van der Waals surface area contributed by atoms with Gasteiger partial charge in [-0.1, -0.05) is 30.3 Å². The van der Waals surface area contributed by atoms with Crippen molar-refractivity contribution < 1.29 is 14.3 Å². The maximum atomic E-state index is 12.6. The fourth-order valence-electron chi connectivity index (χ4n) is 3.32. The van der Waals surface area contributed by atoms with Gasteiger partial charge in [0.25, 0.3) is 0 Å². The molecule has 0 unspecified atom stereocenters. The molecule has 0 fully saturated rings. The SMILES string of the molecule is Cc1nn(Cc2ccccc2)c(C)c1C(=O)OCC(=O)c1cc(C)n(C)c1C. The summed E-state index contributed by atoms with van der Waals surface area (Å²) in [6.45, 7) is 7.71. The summed E-state index contributed by atoms with van der Waals surface area (Å²) in [4.78, 5) is 25.1. The molecule has 0 aliphatic carbocycles. The van der Waals surface area contributed by atoms with Gasteiger partial charge in [-0.3, -0.25) is 9.48 Å². The van der Waals surface area contributed by atoms with Crippen LogP contribution in [0.3, 0.4) is 0 Å². The lowest BCUT2D eigenvalue weighted by Gasteiger charge is -2.07. The molecule has 0 saturated carbocycles. The molecule has 0 aliphatic heterocycles. The Hall–Kier alpha value is -3.15. The van der Waals surface area contributed by atoms with E-state index in [9.17, 15) is 9.59 Å². The number of ether oxygens (including phenoxy) is 1. The van der Waals surface area contributed by atoms with E-state index in [1.165, 1.54) is 0 Å². The van der Waals surface area contributed by atoms with Crippen molar-refractivity contribution in [2.24, 2.45) is 7.05 Å². The van der Waals surface area contributed by atoms with Gasteiger partial charge < -0.3 is 9.30 Å². The van der Waals surface area contributed by atoms with E-state index in [1.54, 1.807) is 11.6 Å². The Kier molecular flexibility index (Phi) is 5.49. The van der Waals surface area contributed by atoms with Gasteiger partial charge in [0.2, 0.25) is 5.78 Å². The molecule has 0 bridgehead atoms. The molecule has 0 atom stereocenters. The average molecular weight is 379 g/mol. The third-order valence-corrected chi connectivity index (χ3v) is 5.17. The highest BCUT2D eigenvalue weighted by Crippen LogP contribution is 2.18. The molecule has 1 aromatic carbocycles. The summed E-state index contributed by atoms with van der Waals surface area (Å²) in [6, 6.07) is 11.7. The normalized spacial score (nSPS) is 10.9. The minimum absolute atomic E-state index is 0.207. The van der Waals surface area contributed by atoms with Crippen molar-refractivity contribution >= 4 is 11.8 Å². The highest BCUT2D eigenvalue weighted by molar-refractivity contribution is 6.00. The van der Waals surface area contributed by atoms with Crippen LogP contribution in [-0.2, 0) is 18.3 Å². The molecule has 0 radical (unpaired) electrons. The summed E-state index contributed by atoms with van der Waals surface area (Å²) in [7, 11) is 1.90. The minimum atomic E-state index is -0.520. The zero-order valence-electron chi connectivity index (χ0n) is 16.9. The van der Waals surface area contributed by atoms with Gasteiger partial charge in [0.05, 0.1) is 17.9 Å². The van der Waals surface area contributed by atoms with Gasteiger partial charge in [0.1, 0.15) is 5.56 Å². The predicted molar refractivity (Wildman–Crippen MR) is 107 cm³/mol. The second-order valence-electron chi connectivity index (χ2n) is 7.03. The van der Waals surface area contributed by atoms with E-state index in [0.717, 1.165) is 22.6 Å². The molecule has 0 amide bonds. The minimum Gasteiger partial charge on any atom is -0.454 e. The number of ketones is 1. The van der Waals surface area contributed by atoms with E-state index in [0.29, 0.717) is 23.4 Å². The maximum Gasteiger partial charge on any atom is 0.342 e. The molecule has 3 aromatic rings. The summed E-state index contributed by atoms with van der Waals surface area (Å²) < 4.78 is 9.05. The first-order valence-electron chi connectivity index (χ1n) is 9.20. The number of Topliss-reactive ketones (excluding diaryl/α,β-unsaturated/α-hetero) is 1. The fraction of sp³-hybridized carbons (Fsp3) is 0.318. The van der Waals surface area contributed by atoms with Crippen LogP contribution < -0.4 is 0 Å². The van der Waals surface area contributed by atoms with Crippen molar-refractivity contribution in [1.82, 2.24) is 14.3 Å². The van der Waals surface area contributed by atoms with Crippen LogP contribution in [0.2, 0.25) is 0 Å². The maximum absolute atomic E-state index is 12.6. The van der Waals surface area contributed by atoms with Gasteiger partial charge in [-0.25, -0.2) is 4.79 Å². The molecule has 28 heavy (non-hydrogen) atoms. The second-order valence-corrected chi connectivity index (χ2v) is 7.03. The van der Waals surface area contributed by atoms with E-state index >= 15 is 0 Å². The number of aromatic nitrogens is 3. The first kappa shape index (κ1) is 19.6. The van der Waals surface area contributed by atoms with Gasteiger partial charge in [0.15, 0.2) is 6.61 Å². The molecule has 3 rings (SSSR count). The van der Waals surface area contributed by atoms with Crippen LogP contribution in [0, 0.1) is 27.7 Å². The Morgan fingerprint density at radius 2 is 1.71 bits per heavy atom. The molecule has 0 aliphatic rings. The number of carbonyl (C=O) groups excluding carboxylic acids is 2. The zero-order valence-corrected chi connectivity index (χ0v) is 16.9. The van der Waals surface area contributed by atoms with Crippen LogP contribution in [0.25, 0.3) is 0 Å². The Labute approximate surface area is 164 Å². The molecule has 2 aromatic heterocycles. The van der Waals surface area contributed by atoms with Crippen LogP contribution in [0.15, 0.2) is 36.4 Å². The van der Waals surface area contributed by atoms with Crippen LogP contribution in [-0.4, -0.2) is 32.7 Å². The van der Waals surface area contributed by atoms with Crippen LogP contribution >= 0.6 is 0 Å². The van der Waals surface area contributed by atoms with Gasteiger partial charge in [-0.05, 0) is 39.3 Å². The van der Waals surface area contributed by atoms with Gasteiger partial charge in [-0.2, -0.15) is 5.10 Å². The summed E-state index contributed by atoms with van der Waals surface area (Å²) in [5.74, 6) is -0.727. The van der Waals surface area contributed by atoms with Crippen molar-refractivity contribution in [3.8, 4) is 0 Å². The largest absolute Gasteiger partial charge is 0.454 e. The highest BCUT2D eigenvalue weighted by Gasteiger charge is 2.22. The van der Waals surface area contributed by atoms with Crippen LogP contribution in [0.5, 0.6) is 0 Å². The highest BCUT2D eigenvalue weighted by atomic mass is 16.5. The fourth-order valence-corrected chi connectivity index (χ4v) is 3.32. The lowest BCUT2D eigenvalue weighted by molar-refractivity contribution is 0.0473. The number of carbonyl (C=O) groups is 2. The lowest BCUT2D eigenvalue weighted by Crippen LogP contribution is -2.16. The zero-order chi connectivity index (χ0) is 20.4. The van der Waals surface area contributed by atoms with Crippen LogP contribution in [0.4, 0.5) is 0 Å². The second kappa shape index (κ2) is 7.84. The summed E-state index contributed by atoms with van der Waals surface area (Å²) >= 11 is 0. The molecule has 6 nitrogen and oxygen atoms in total. The van der Waals surface area contributed by atoms with Crippen molar-refractivity contribution in [2.45, 2.75) is 34.2 Å². The Morgan fingerprint density at radius 3 is 2.32 bits per heavy atom. The van der Waals surface area contributed by atoms with E-state index in [4.69, 9.17) is 4.74 Å². The summed E-state index contributed by atoms with van der Waals surface area (Å²) in [5, 5.41) is 4.47. The van der Waals surface area contributed by atoms with Crippen molar-refractivity contribution in [3.05, 3.63) is 75.9 Å². The molecule has 6 heteroatoms. The Balaban J connectivity index is 1.72. The van der Waals surface area contributed by atoms with E-state index < -0.39 is 5.97 Å². The standard InChI is InChI=1S/C22H25N3O3/c1-14-11-19(16(3)24(14)5)20(26)13-28-22(27)21-15(2)23-25(17(21)4)12-18-9-7-6-8-10-18/h6-11H,12-13H2,1-5H3. The average Bonchev–Trinajstić information content (AvgIpc) is 3.10. The first-order chi connectivity index (χ1) is 13.3. The molecule has 2 heterocycles. The number of benzene rings is 1. The van der Waals surface area contributed by atoms with E-state index in [-0.39, 0.29) is 12.4 Å². The van der Waals surface area contributed by atoms with Crippen molar-refractivity contribution in [2.75, 3.05) is 6.61 Å². The van der Waals surface area contributed by atoms with Crippen molar-refractivity contribution in [3.63, 3.8) is 0 Å². The number of nitrogens with zero attached hydrogens (tertiary/aromatic N) is 3. The van der Waals surface area contributed by atoms with E-state index in [1.807, 2.05) is 68.8 Å². The topological polar surface area (TPSA) is 66.1 Å². The Bertz CT molecular complexity index is 1030. The molecule has 146 valence electrons. The summed E-state index contributed by atoms with van der Waals surface area (Å²) in [6.07, 6.45) is 0. The predicted octanol–water partition coefficient (Wildman–Crippen LogP) is 3.54. The molecule has 0 spiro atoms. The number of esters is 1. The van der Waals surface area contributed by atoms with Crippen molar-refractivity contribution in [1.29, 1.82) is 0 Å². The number of aryl methyl sites for hydroxylation is 2. The van der Waals surface area contributed by atoms with Gasteiger partial charge in [0, 0.05) is 24.0 Å². The van der Waals surface area contributed by atoms with E-state index in [2.05, 4.69) is 5.10 Å². The first-order valence-corrected chi connectivity index (χ1v) is 9.20. The summed E-state index contributed by atoms with van der Waals surface area (Å²) in [5.41, 5.74) is 5.27. The quantitative estimate of drug-likeness (QED) is 0.485. The number of rotatable bonds is 6. The monoisotopic (exact) mass is 379 g/mol. The Morgan fingerprint density at radius 1 is 1.04 bits per heavy atom. The van der Waals surface area contributed by atoms with Crippen LogP contribution in [0.1, 0.15) is 49.1 Å². The third kappa shape index (κ3) is 3.76. The smallest absolute Gasteiger partial charge is 0.342 e. The third-order valence-electron chi connectivity index (χ3n) is 5.17. The number of hydrogen-bond donors (Lipinski definition) is 0. The molecule has 0 saturated heterocycles. The lowest BCUT2D eigenvalue weighted by atomic mass is 10.1. The number of hydrogen-bond acceptors (Lipinski definition) is 4.